The molecule has 1 rings (SSSR count). The molecule has 1 unspecified atom stereocenters. The summed E-state index contributed by atoms with van der Waals surface area (Å²) in [6, 6.07) is 0.304. The zero-order chi connectivity index (χ0) is 10.6. The quantitative estimate of drug-likeness (QED) is 0.625. The average Bonchev–Trinajstić information content (AvgIpc) is 2.62. The number of aldehydes is 1. The number of nitrogens with one attached hydrogen (secondary N) is 1. The zero-order valence-electron chi connectivity index (χ0n) is 8.69. The van der Waals surface area contributed by atoms with Crippen LogP contribution >= 0.6 is 0 Å². The van der Waals surface area contributed by atoms with Gasteiger partial charge in [0.15, 0.2) is 0 Å². The van der Waals surface area contributed by atoms with Gasteiger partial charge >= 0.3 is 6.03 Å². The number of carbonyl (C=O) groups excluding carboxylic acids is 2. The molecule has 80 valence electrons. The molecule has 5 heteroatoms. The van der Waals surface area contributed by atoms with Crippen molar-refractivity contribution in [1.82, 2.24) is 15.1 Å². The summed E-state index contributed by atoms with van der Waals surface area (Å²) in [5, 5.41) is 2.53. The fourth-order valence-electron chi connectivity index (χ4n) is 1.59. The van der Waals surface area contributed by atoms with E-state index in [9.17, 15) is 9.59 Å². The lowest BCUT2D eigenvalue weighted by Crippen LogP contribution is -2.41. The van der Waals surface area contributed by atoms with Crippen LogP contribution < -0.4 is 5.32 Å². The molecule has 14 heavy (non-hydrogen) atoms. The van der Waals surface area contributed by atoms with Crippen LogP contribution in [0.15, 0.2) is 0 Å². The Balaban J connectivity index is 2.34. The number of amides is 2. The first kappa shape index (κ1) is 11.0. The van der Waals surface area contributed by atoms with E-state index in [-0.39, 0.29) is 12.6 Å². The molecule has 0 aromatic rings. The monoisotopic (exact) mass is 199 g/mol. The second kappa shape index (κ2) is 4.95. The van der Waals surface area contributed by atoms with Gasteiger partial charge < -0.3 is 19.9 Å². The molecule has 1 fully saturated rings. The molecule has 0 aromatic carbocycles. The molecule has 1 aliphatic heterocycles. The van der Waals surface area contributed by atoms with Crippen molar-refractivity contribution < 1.29 is 9.59 Å². The van der Waals surface area contributed by atoms with Crippen LogP contribution in [0, 0.1) is 0 Å². The van der Waals surface area contributed by atoms with Crippen molar-refractivity contribution in [3.63, 3.8) is 0 Å². The first-order chi connectivity index (χ1) is 6.65. The maximum atomic E-state index is 11.4. The van der Waals surface area contributed by atoms with E-state index < -0.39 is 0 Å². The van der Waals surface area contributed by atoms with Crippen molar-refractivity contribution in [2.24, 2.45) is 0 Å². The summed E-state index contributed by atoms with van der Waals surface area (Å²) in [5.74, 6) is 0. The van der Waals surface area contributed by atoms with Gasteiger partial charge in [0.1, 0.15) is 6.29 Å². The van der Waals surface area contributed by atoms with Gasteiger partial charge in [0, 0.05) is 19.1 Å². The molecule has 0 aliphatic carbocycles. The van der Waals surface area contributed by atoms with E-state index >= 15 is 0 Å². The average molecular weight is 199 g/mol. The van der Waals surface area contributed by atoms with Crippen molar-refractivity contribution in [3.8, 4) is 0 Å². The fourth-order valence-corrected chi connectivity index (χ4v) is 1.59. The van der Waals surface area contributed by atoms with Gasteiger partial charge in [-0.1, -0.05) is 0 Å². The lowest BCUT2D eigenvalue weighted by atomic mass is 10.2. The van der Waals surface area contributed by atoms with Gasteiger partial charge in [0.05, 0.1) is 6.54 Å². The van der Waals surface area contributed by atoms with E-state index in [2.05, 4.69) is 10.2 Å². The Bertz CT molecular complexity index is 218. The molecule has 1 saturated heterocycles. The summed E-state index contributed by atoms with van der Waals surface area (Å²) in [5.41, 5.74) is 0. The molecule has 1 N–H and O–H groups in total. The van der Waals surface area contributed by atoms with E-state index in [1.807, 2.05) is 14.1 Å². The zero-order valence-corrected chi connectivity index (χ0v) is 8.69. The third kappa shape index (κ3) is 2.70. The van der Waals surface area contributed by atoms with Crippen LogP contribution in [0.5, 0.6) is 0 Å². The van der Waals surface area contributed by atoms with E-state index in [1.165, 1.54) is 0 Å². The molecule has 1 heterocycles. The van der Waals surface area contributed by atoms with E-state index in [1.54, 1.807) is 4.90 Å². The summed E-state index contributed by atoms with van der Waals surface area (Å²) >= 11 is 0. The van der Waals surface area contributed by atoms with Crippen LogP contribution in [-0.4, -0.2) is 61.9 Å². The van der Waals surface area contributed by atoms with Crippen LogP contribution in [0.1, 0.15) is 6.42 Å². The van der Waals surface area contributed by atoms with Crippen molar-refractivity contribution in [1.29, 1.82) is 0 Å². The number of rotatable bonds is 3. The van der Waals surface area contributed by atoms with Crippen LogP contribution in [0.2, 0.25) is 0 Å². The van der Waals surface area contributed by atoms with E-state index in [0.717, 1.165) is 19.5 Å². The highest BCUT2D eigenvalue weighted by molar-refractivity contribution is 5.76. The van der Waals surface area contributed by atoms with Crippen LogP contribution in [0.4, 0.5) is 4.79 Å². The second-order valence-corrected chi connectivity index (χ2v) is 3.70. The Hall–Kier alpha value is -1.10. The highest BCUT2D eigenvalue weighted by Gasteiger charge is 2.26. The molecular weight excluding hydrogens is 182 g/mol. The Morgan fingerprint density at radius 1 is 1.64 bits per heavy atom. The third-order valence-electron chi connectivity index (χ3n) is 2.52. The maximum absolute atomic E-state index is 11.4. The van der Waals surface area contributed by atoms with E-state index in [0.29, 0.717) is 12.3 Å². The fraction of sp³-hybridized carbons (Fsp3) is 0.778. The predicted molar refractivity (Wildman–Crippen MR) is 53.1 cm³/mol. The van der Waals surface area contributed by atoms with Crippen molar-refractivity contribution in [2.45, 2.75) is 12.5 Å². The minimum atomic E-state index is -0.138. The number of hydrogen-bond donors (Lipinski definition) is 1. The Morgan fingerprint density at radius 3 is 2.86 bits per heavy atom. The number of urea groups is 1. The predicted octanol–water partition coefficient (Wildman–Crippen LogP) is -0.469. The number of carbonyl (C=O) groups is 2. The molecule has 5 nitrogen and oxygen atoms in total. The summed E-state index contributed by atoms with van der Waals surface area (Å²) in [6.45, 7) is 1.62. The molecule has 1 atom stereocenters. The van der Waals surface area contributed by atoms with Crippen molar-refractivity contribution in [2.75, 3.05) is 33.7 Å². The second-order valence-electron chi connectivity index (χ2n) is 3.70. The molecule has 0 aromatic heterocycles. The van der Waals surface area contributed by atoms with Crippen molar-refractivity contribution in [3.05, 3.63) is 0 Å². The normalized spacial score (nSPS) is 21.4. The molecule has 0 spiro atoms. The highest BCUT2D eigenvalue weighted by atomic mass is 16.2. The minimum Gasteiger partial charge on any atom is -0.331 e. The number of likely N-dealkylation sites (tertiary alicyclic amines) is 1. The van der Waals surface area contributed by atoms with Crippen LogP contribution in [0.25, 0.3) is 0 Å². The number of hydrogen-bond acceptors (Lipinski definition) is 3. The molecular formula is C9H17N3O2. The van der Waals surface area contributed by atoms with E-state index in [4.69, 9.17) is 0 Å². The van der Waals surface area contributed by atoms with Gasteiger partial charge in [0.2, 0.25) is 0 Å². The minimum absolute atomic E-state index is 0.0992. The number of nitrogens with zero attached hydrogens (tertiary/aromatic N) is 2. The molecule has 0 radical (unpaired) electrons. The summed E-state index contributed by atoms with van der Waals surface area (Å²) in [4.78, 5) is 25.3. The van der Waals surface area contributed by atoms with Gasteiger partial charge in [-0.2, -0.15) is 0 Å². The standard InChI is InChI=1S/C9H17N3O2/c1-11(2)8-3-5-12(7-8)9(14)10-4-6-13/h6,8H,3-5,7H2,1-2H3,(H,10,14). The first-order valence-corrected chi connectivity index (χ1v) is 4.78. The SMILES string of the molecule is CN(C)C1CCN(C(=O)NCC=O)C1. The van der Waals surface area contributed by atoms with Gasteiger partial charge in [0.25, 0.3) is 0 Å². The molecule has 0 bridgehead atoms. The lowest BCUT2D eigenvalue weighted by molar-refractivity contribution is -0.107. The van der Waals surface area contributed by atoms with Gasteiger partial charge in [-0.05, 0) is 20.5 Å². The molecule has 0 saturated carbocycles. The third-order valence-corrected chi connectivity index (χ3v) is 2.52. The van der Waals surface area contributed by atoms with Gasteiger partial charge in [-0.15, -0.1) is 0 Å². The van der Waals surface area contributed by atoms with Crippen LogP contribution in [0.3, 0.4) is 0 Å². The smallest absolute Gasteiger partial charge is 0.317 e. The highest BCUT2D eigenvalue weighted by Crippen LogP contribution is 2.12. The van der Waals surface area contributed by atoms with Gasteiger partial charge in [-0.3, -0.25) is 0 Å². The Kier molecular flexibility index (Phi) is 3.88. The van der Waals surface area contributed by atoms with Gasteiger partial charge in [-0.25, -0.2) is 4.79 Å². The largest absolute Gasteiger partial charge is 0.331 e. The summed E-state index contributed by atoms with van der Waals surface area (Å²) in [6.07, 6.45) is 1.69. The van der Waals surface area contributed by atoms with Crippen molar-refractivity contribution >= 4 is 12.3 Å². The first-order valence-electron chi connectivity index (χ1n) is 4.78. The summed E-state index contributed by atoms with van der Waals surface area (Å²) in [7, 11) is 4.02. The topological polar surface area (TPSA) is 52.6 Å². The lowest BCUT2D eigenvalue weighted by Gasteiger charge is -2.20. The summed E-state index contributed by atoms with van der Waals surface area (Å²) < 4.78 is 0. The number of likely N-dealkylation sites (N-methyl/N-ethyl adjacent to an activating group) is 1. The Morgan fingerprint density at radius 2 is 2.36 bits per heavy atom. The Labute approximate surface area is 84.0 Å². The van der Waals surface area contributed by atoms with Crippen LogP contribution in [-0.2, 0) is 4.79 Å². The molecule has 1 aliphatic rings. The maximum Gasteiger partial charge on any atom is 0.317 e. The molecule has 2 amide bonds.